The Bertz CT molecular complexity index is 731. The van der Waals surface area contributed by atoms with E-state index in [2.05, 4.69) is 10.6 Å². The lowest BCUT2D eigenvalue weighted by Crippen LogP contribution is -2.22. The third kappa shape index (κ3) is 4.82. The molecule has 0 unspecified atom stereocenters. The van der Waals surface area contributed by atoms with Gasteiger partial charge in [0.15, 0.2) is 0 Å². The average Bonchev–Trinajstić information content (AvgIpc) is 2.57. The second kappa shape index (κ2) is 8.69. The fraction of sp³-hybridized carbons (Fsp3) is 0.167. The average molecular weight is 328 g/mol. The first-order valence-corrected chi connectivity index (χ1v) is 7.59. The van der Waals surface area contributed by atoms with Crippen molar-refractivity contribution in [1.29, 1.82) is 5.41 Å². The number of rotatable bonds is 8. The molecule has 0 aromatic heterocycles. The number of phenols is 1. The summed E-state index contributed by atoms with van der Waals surface area (Å²) in [7, 11) is 0. The lowest BCUT2D eigenvalue weighted by atomic mass is 10.1. The highest BCUT2D eigenvalue weighted by molar-refractivity contribution is 6.08. The molecule has 0 aliphatic carbocycles. The van der Waals surface area contributed by atoms with Crippen molar-refractivity contribution in [2.24, 2.45) is 5.73 Å². The Morgan fingerprint density at radius 3 is 2.71 bits per heavy atom. The normalized spacial score (nSPS) is 11.3. The molecule has 2 aromatic rings. The van der Waals surface area contributed by atoms with Gasteiger partial charge in [-0.2, -0.15) is 0 Å². The third-order valence-corrected chi connectivity index (χ3v) is 3.49. The molecule has 0 atom stereocenters. The van der Waals surface area contributed by atoms with Crippen molar-refractivity contribution < 1.29 is 9.50 Å². The third-order valence-electron chi connectivity index (χ3n) is 3.49. The lowest BCUT2D eigenvalue weighted by Gasteiger charge is -2.10. The maximum atomic E-state index is 14.0. The van der Waals surface area contributed by atoms with Crippen LogP contribution in [-0.4, -0.2) is 24.4 Å². The van der Waals surface area contributed by atoms with Crippen LogP contribution in [0.15, 0.2) is 48.7 Å². The van der Waals surface area contributed by atoms with Crippen LogP contribution in [0, 0.1) is 11.2 Å². The van der Waals surface area contributed by atoms with E-state index in [0.717, 1.165) is 11.8 Å². The number of phenolic OH excluding ortho intramolecular Hbond substituents is 1. The fourth-order valence-electron chi connectivity index (χ4n) is 2.25. The predicted molar refractivity (Wildman–Crippen MR) is 95.7 cm³/mol. The summed E-state index contributed by atoms with van der Waals surface area (Å²) >= 11 is 0. The first-order chi connectivity index (χ1) is 11.6. The summed E-state index contributed by atoms with van der Waals surface area (Å²) < 4.78 is 14.0. The van der Waals surface area contributed by atoms with E-state index in [1.54, 1.807) is 30.3 Å². The first-order valence-electron chi connectivity index (χ1n) is 7.59. The highest BCUT2D eigenvalue weighted by Crippen LogP contribution is 2.19. The fourth-order valence-corrected chi connectivity index (χ4v) is 2.25. The molecular formula is C18H21FN4O. The monoisotopic (exact) mass is 328 g/mol. The topological polar surface area (TPSA) is 94.2 Å². The van der Waals surface area contributed by atoms with E-state index in [1.807, 2.05) is 6.07 Å². The predicted octanol–water partition coefficient (Wildman–Crippen LogP) is 2.68. The molecule has 0 bridgehead atoms. The SMILES string of the molecule is N=C/C(=C\N)c1ccc(NCCNCc2cccc(O)c2)c(F)c1. The Morgan fingerprint density at radius 1 is 1.21 bits per heavy atom. The van der Waals surface area contributed by atoms with Gasteiger partial charge in [-0.3, -0.25) is 0 Å². The van der Waals surface area contributed by atoms with Gasteiger partial charge in [0.2, 0.25) is 0 Å². The van der Waals surface area contributed by atoms with Gasteiger partial charge in [-0.1, -0.05) is 18.2 Å². The number of nitrogens with two attached hydrogens (primary N) is 1. The Balaban J connectivity index is 1.81. The van der Waals surface area contributed by atoms with Crippen LogP contribution in [0.1, 0.15) is 11.1 Å². The molecule has 2 aromatic carbocycles. The van der Waals surface area contributed by atoms with E-state index < -0.39 is 0 Å². The van der Waals surface area contributed by atoms with E-state index in [0.29, 0.717) is 36.5 Å². The van der Waals surface area contributed by atoms with Crippen LogP contribution in [0.5, 0.6) is 5.75 Å². The quantitative estimate of drug-likeness (QED) is 0.380. The summed E-state index contributed by atoms with van der Waals surface area (Å²) in [6.07, 6.45) is 2.37. The maximum Gasteiger partial charge on any atom is 0.146 e. The number of benzene rings is 2. The van der Waals surface area contributed by atoms with Crippen LogP contribution in [0.25, 0.3) is 5.57 Å². The number of allylic oxidation sites excluding steroid dienone is 1. The van der Waals surface area contributed by atoms with Gasteiger partial charge in [0.25, 0.3) is 0 Å². The molecule has 6 N–H and O–H groups in total. The minimum atomic E-state index is -0.387. The Kier molecular flexibility index (Phi) is 6.33. The molecule has 0 radical (unpaired) electrons. The summed E-state index contributed by atoms with van der Waals surface area (Å²) in [6, 6.07) is 11.7. The number of nitrogens with one attached hydrogen (secondary N) is 3. The van der Waals surface area contributed by atoms with Crippen molar-refractivity contribution in [2.75, 3.05) is 18.4 Å². The highest BCUT2D eigenvalue weighted by Gasteiger charge is 2.05. The minimum Gasteiger partial charge on any atom is -0.508 e. The van der Waals surface area contributed by atoms with E-state index >= 15 is 0 Å². The number of halogens is 1. The molecule has 126 valence electrons. The molecule has 0 aliphatic rings. The molecule has 0 saturated heterocycles. The van der Waals surface area contributed by atoms with Crippen LogP contribution < -0.4 is 16.4 Å². The zero-order chi connectivity index (χ0) is 17.4. The van der Waals surface area contributed by atoms with Crippen molar-refractivity contribution >= 4 is 17.5 Å². The summed E-state index contributed by atoms with van der Waals surface area (Å²) in [5, 5.41) is 22.8. The van der Waals surface area contributed by atoms with Gasteiger partial charge in [-0.05, 0) is 35.4 Å². The van der Waals surface area contributed by atoms with Crippen LogP contribution in [0.2, 0.25) is 0 Å². The second-order valence-corrected chi connectivity index (χ2v) is 5.23. The van der Waals surface area contributed by atoms with Crippen LogP contribution in [0.3, 0.4) is 0 Å². The standard InChI is InChI=1S/C18H21FN4O/c19-17-9-14(15(10-20)11-21)4-5-18(17)23-7-6-22-12-13-2-1-3-16(24)8-13/h1-5,8-11,20,22-24H,6-7,12,21H2/b15-11+,20-10?. The smallest absolute Gasteiger partial charge is 0.146 e. The molecule has 0 heterocycles. The van der Waals surface area contributed by atoms with Crippen LogP contribution in [-0.2, 0) is 6.54 Å². The number of hydrogen-bond donors (Lipinski definition) is 5. The highest BCUT2D eigenvalue weighted by atomic mass is 19.1. The van der Waals surface area contributed by atoms with E-state index in [4.69, 9.17) is 11.1 Å². The Labute approximate surface area is 140 Å². The first kappa shape index (κ1) is 17.5. The minimum absolute atomic E-state index is 0.241. The largest absolute Gasteiger partial charge is 0.508 e. The zero-order valence-electron chi connectivity index (χ0n) is 13.2. The Hall–Kier alpha value is -2.86. The van der Waals surface area contributed by atoms with Gasteiger partial charge in [0, 0.05) is 37.6 Å². The van der Waals surface area contributed by atoms with Gasteiger partial charge in [0.05, 0.1) is 5.69 Å². The van der Waals surface area contributed by atoms with Crippen molar-refractivity contribution in [3.8, 4) is 5.75 Å². The van der Waals surface area contributed by atoms with Crippen LogP contribution >= 0.6 is 0 Å². The summed E-state index contributed by atoms with van der Waals surface area (Å²) in [5.74, 6) is -0.146. The van der Waals surface area contributed by atoms with Gasteiger partial charge in [-0.25, -0.2) is 4.39 Å². The molecule has 0 fully saturated rings. The van der Waals surface area contributed by atoms with Crippen LogP contribution in [0.4, 0.5) is 10.1 Å². The van der Waals surface area contributed by atoms with Crippen molar-refractivity contribution in [2.45, 2.75) is 6.54 Å². The number of anilines is 1. The van der Waals surface area contributed by atoms with Gasteiger partial charge in [0.1, 0.15) is 11.6 Å². The maximum absolute atomic E-state index is 14.0. The van der Waals surface area contributed by atoms with E-state index in [-0.39, 0.29) is 11.6 Å². The van der Waals surface area contributed by atoms with E-state index in [9.17, 15) is 9.50 Å². The molecule has 0 spiro atoms. The molecule has 5 nitrogen and oxygen atoms in total. The number of aromatic hydroxyl groups is 1. The molecular weight excluding hydrogens is 307 g/mol. The molecule has 24 heavy (non-hydrogen) atoms. The zero-order valence-corrected chi connectivity index (χ0v) is 13.2. The second-order valence-electron chi connectivity index (χ2n) is 5.23. The number of hydrogen-bond acceptors (Lipinski definition) is 5. The molecule has 0 aliphatic heterocycles. The molecule has 0 amide bonds. The summed E-state index contributed by atoms with van der Waals surface area (Å²) in [4.78, 5) is 0. The lowest BCUT2D eigenvalue weighted by molar-refractivity contribution is 0.474. The van der Waals surface area contributed by atoms with Gasteiger partial charge in [-0.15, -0.1) is 0 Å². The van der Waals surface area contributed by atoms with Crippen molar-refractivity contribution in [1.82, 2.24) is 5.32 Å². The van der Waals surface area contributed by atoms with Gasteiger partial charge < -0.3 is 26.9 Å². The van der Waals surface area contributed by atoms with Gasteiger partial charge >= 0.3 is 0 Å². The van der Waals surface area contributed by atoms with Crippen molar-refractivity contribution in [3.05, 3.63) is 65.6 Å². The van der Waals surface area contributed by atoms with Crippen molar-refractivity contribution in [3.63, 3.8) is 0 Å². The summed E-state index contributed by atoms with van der Waals surface area (Å²) in [6.45, 7) is 1.83. The Morgan fingerprint density at radius 2 is 2.04 bits per heavy atom. The molecule has 6 heteroatoms. The molecule has 2 rings (SSSR count). The summed E-state index contributed by atoms with van der Waals surface area (Å²) in [5.41, 5.74) is 7.82. The van der Waals surface area contributed by atoms with E-state index in [1.165, 1.54) is 12.3 Å². The molecule has 0 saturated carbocycles.